The molecule has 2 aromatic rings. The van der Waals surface area contributed by atoms with Crippen molar-refractivity contribution in [3.63, 3.8) is 0 Å². The molecule has 0 saturated carbocycles. The number of carboxylic acids is 1. The van der Waals surface area contributed by atoms with E-state index in [-0.39, 0.29) is 5.91 Å². The van der Waals surface area contributed by atoms with E-state index in [0.29, 0.717) is 28.6 Å². The largest absolute Gasteiger partial charge is 0.477 e. The van der Waals surface area contributed by atoms with Crippen LogP contribution in [0.5, 0.6) is 0 Å². The molecule has 2 N–H and O–H groups in total. The van der Waals surface area contributed by atoms with Crippen molar-refractivity contribution in [2.45, 2.75) is 18.2 Å². The second kappa shape index (κ2) is 6.58. The van der Waals surface area contributed by atoms with E-state index in [9.17, 15) is 9.59 Å². The van der Waals surface area contributed by atoms with Crippen LogP contribution in [0.2, 0.25) is 0 Å². The molecule has 106 valence electrons. The van der Waals surface area contributed by atoms with Gasteiger partial charge in [-0.15, -0.1) is 23.1 Å². The first-order valence-electron chi connectivity index (χ1n) is 5.72. The maximum atomic E-state index is 11.6. The van der Waals surface area contributed by atoms with E-state index in [1.54, 1.807) is 24.4 Å². The fourth-order valence-electron chi connectivity index (χ4n) is 1.40. The summed E-state index contributed by atoms with van der Waals surface area (Å²) < 4.78 is 4.84. The van der Waals surface area contributed by atoms with Gasteiger partial charge < -0.3 is 14.9 Å². The Hall–Kier alpha value is -1.80. The summed E-state index contributed by atoms with van der Waals surface area (Å²) in [4.78, 5) is 23.5. The Morgan fingerprint density at radius 1 is 1.50 bits per heavy atom. The third-order valence-electron chi connectivity index (χ3n) is 2.28. The number of amides is 1. The van der Waals surface area contributed by atoms with Gasteiger partial charge in [0.1, 0.15) is 10.6 Å². The highest BCUT2D eigenvalue weighted by Gasteiger charge is 2.09. The van der Waals surface area contributed by atoms with E-state index in [0.717, 1.165) is 4.90 Å². The highest BCUT2D eigenvalue weighted by Crippen LogP contribution is 2.25. The third kappa shape index (κ3) is 4.10. The molecule has 0 bridgehead atoms. The summed E-state index contributed by atoms with van der Waals surface area (Å²) in [6.45, 7) is 1.75. The fraction of sp³-hybridized carbons (Fsp3) is 0.250. The number of nitrogens with one attached hydrogen (secondary N) is 1. The number of anilines is 1. The lowest BCUT2D eigenvalue weighted by Gasteiger charge is -2.00. The number of carboxylic acid groups (broad SMARTS) is 1. The smallest absolute Gasteiger partial charge is 0.345 e. The fourth-order valence-corrected chi connectivity index (χ4v) is 3.22. The molecule has 0 aliphatic rings. The van der Waals surface area contributed by atoms with Crippen molar-refractivity contribution in [1.29, 1.82) is 0 Å². The van der Waals surface area contributed by atoms with Crippen LogP contribution < -0.4 is 5.32 Å². The lowest BCUT2D eigenvalue weighted by Crippen LogP contribution is -2.12. The number of aryl methyl sites for hydroxylation is 1. The number of carbonyl (C=O) groups is 2. The van der Waals surface area contributed by atoms with Gasteiger partial charge in [-0.2, -0.15) is 0 Å². The van der Waals surface area contributed by atoms with E-state index in [4.69, 9.17) is 9.63 Å². The van der Waals surface area contributed by atoms with Crippen molar-refractivity contribution in [1.82, 2.24) is 5.16 Å². The predicted octanol–water partition coefficient (Wildman–Crippen LogP) is 2.86. The monoisotopic (exact) mass is 312 g/mol. The lowest BCUT2D eigenvalue weighted by molar-refractivity contribution is -0.115. The molecular formula is C12H12N2O4S2. The average molecular weight is 312 g/mol. The number of rotatable bonds is 6. The van der Waals surface area contributed by atoms with Gasteiger partial charge in [0.15, 0.2) is 5.82 Å². The molecule has 6 nitrogen and oxygen atoms in total. The van der Waals surface area contributed by atoms with E-state index in [1.807, 2.05) is 0 Å². The van der Waals surface area contributed by atoms with E-state index in [1.165, 1.54) is 23.1 Å². The normalized spacial score (nSPS) is 10.4. The molecule has 2 rings (SSSR count). The highest BCUT2D eigenvalue weighted by molar-refractivity contribution is 7.99. The van der Waals surface area contributed by atoms with Crippen LogP contribution in [-0.4, -0.2) is 27.9 Å². The molecule has 0 unspecified atom stereocenters. The van der Waals surface area contributed by atoms with Crippen molar-refractivity contribution < 1.29 is 19.2 Å². The van der Waals surface area contributed by atoms with Gasteiger partial charge in [-0.05, 0) is 13.0 Å². The minimum absolute atomic E-state index is 0.153. The van der Waals surface area contributed by atoms with E-state index >= 15 is 0 Å². The maximum absolute atomic E-state index is 11.6. The molecule has 0 atom stereocenters. The van der Waals surface area contributed by atoms with E-state index < -0.39 is 5.97 Å². The maximum Gasteiger partial charge on any atom is 0.345 e. The van der Waals surface area contributed by atoms with Gasteiger partial charge >= 0.3 is 5.97 Å². The highest BCUT2D eigenvalue weighted by atomic mass is 32.2. The van der Waals surface area contributed by atoms with Gasteiger partial charge in [0.2, 0.25) is 5.91 Å². The summed E-state index contributed by atoms with van der Waals surface area (Å²) in [6, 6.07) is 3.25. The Kier molecular flexibility index (Phi) is 4.80. The first-order chi connectivity index (χ1) is 9.54. The number of thiophene rings is 1. The molecular weight excluding hydrogens is 300 g/mol. The number of aromatic carboxylic acids is 1. The number of hydrogen-bond acceptors (Lipinski definition) is 6. The number of nitrogens with zero attached hydrogens (tertiary/aromatic N) is 1. The van der Waals surface area contributed by atoms with Crippen molar-refractivity contribution in [2.75, 3.05) is 11.1 Å². The van der Waals surface area contributed by atoms with Crippen LogP contribution in [0.3, 0.4) is 0 Å². The molecule has 0 aromatic carbocycles. The summed E-state index contributed by atoms with van der Waals surface area (Å²) >= 11 is 2.62. The zero-order chi connectivity index (χ0) is 14.5. The van der Waals surface area contributed by atoms with Crippen molar-refractivity contribution in [3.8, 4) is 0 Å². The standard InChI is InChI=1S/C12H12N2O4S2/c1-7-4-10(14-18-7)13-11(15)2-3-19-8-5-9(12(16)17)20-6-8/h4-6H,2-3H2,1H3,(H,16,17)(H,13,14,15). The molecule has 1 amide bonds. The summed E-state index contributed by atoms with van der Waals surface area (Å²) in [5, 5.41) is 16.9. The molecule has 8 heteroatoms. The minimum Gasteiger partial charge on any atom is -0.477 e. The zero-order valence-electron chi connectivity index (χ0n) is 10.6. The molecule has 0 aliphatic heterocycles. The molecule has 2 aromatic heterocycles. The molecule has 2 heterocycles. The minimum atomic E-state index is -0.930. The van der Waals surface area contributed by atoms with Crippen molar-refractivity contribution >= 4 is 40.8 Å². The Morgan fingerprint density at radius 2 is 2.30 bits per heavy atom. The first-order valence-corrected chi connectivity index (χ1v) is 7.59. The van der Waals surface area contributed by atoms with Gasteiger partial charge in [0.05, 0.1) is 0 Å². The molecule has 0 radical (unpaired) electrons. The number of thioether (sulfide) groups is 1. The van der Waals surface area contributed by atoms with Gasteiger partial charge in [-0.25, -0.2) is 4.79 Å². The van der Waals surface area contributed by atoms with Crippen LogP contribution in [-0.2, 0) is 4.79 Å². The van der Waals surface area contributed by atoms with Crippen LogP contribution >= 0.6 is 23.1 Å². The topological polar surface area (TPSA) is 92.4 Å². The van der Waals surface area contributed by atoms with Gasteiger partial charge in [-0.3, -0.25) is 4.79 Å². The van der Waals surface area contributed by atoms with Crippen LogP contribution in [0, 0.1) is 6.92 Å². The number of aromatic nitrogens is 1. The van der Waals surface area contributed by atoms with Gasteiger partial charge in [0.25, 0.3) is 0 Å². The summed E-state index contributed by atoms with van der Waals surface area (Å²) in [5.41, 5.74) is 0. The Labute approximate surface area is 123 Å². The Bertz CT molecular complexity index is 621. The summed E-state index contributed by atoms with van der Waals surface area (Å²) in [7, 11) is 0. The quantitative estimate of drug-likeness (QED) is 0.797. The van der Waals surface area contributed by atoms with Crippen molar-refractivity contribution in [3.05, 3.63) is 28.2 Å². The molecule has 0 aliphatic carbocycles. The van der Waals surface area contributed by atoms with Crippen molar-refractivity contribution in [2.24, 2.45) is 0 Å². The Balaban J connectivity index is 1.74. The van der Waals surface area contributed by atoms with Crippen LogP contribution in [0.25, 0.3) is 0 Å². The van der Waals surface area contributed by atoms with Crippen LogP contribution in [0.15, 0.2) is 26.9 Å². The SMILES string of the molecule is Cc1cc(NC(=O)CCSc2csc(C(=O)O)c2)no1. The van der Waals surface area contributed by atoms with Gasteiger partial charge in [0, 0.05) is 28.5 Å². The summed E-state index contributed by atoms with van der Waals surface area (Å²) in [5.74, 6) is 0.522. The van der Waals surface area contributed by atoms with Crippen LogP contribution in [0.1, 0.15) is 21.9 Å². The number of hydrogen-bond donors (Lipinski definition) is 2. The average Bonchev–Trinajstić information content (AvgIpc) is 2.99. The molecule has 20 heavy (non-hydrogen) atoms. The first kappa shape index (κ1) is 14.6. The van der Waals surface area contributed by atoms with Gasteiger partial charge in [-0.1, -0.05) is 5.16 Å². The second-order valence-corrected chi connectivity index (χ2v) is 6.00. The molecule has 0 fully saturated rings. The molecule has 0 spiro atoms. The van der Waals surface area contributed by atoms with E-state index in [2.05, 4.69) is 10.5 Å². The lowest BCUT2D eigenvalue weighted by atomic mass is 10.4. The summed E-state index contributed by atoms with van der Waals surface area (Å²) in [6.07, 6.45) is 0.314. The second-order valence-electron chi connectivity index (χ2n) is 3.92. The van der Waals surface area contributed by atoms with Crippen LogP contribution in [0.4, 0.5) is 5.82 Å². The zero-order valence-corrected chi connectivity index (χ0v) is 12.2. The Morgan fingerprint density at radius 3 is 2.90 bits per heavy atom. The number of carbonyl (C=O) groups excluding carboxylic acids is 1. The molecule has 0 saturated heterocycles. The third-order valence-corrected chi connectivity index (χ3v) is 4.32. The predicted molar refractivity (Wildman–Crippen MR) is 76.5 cm³/mol.